The summed E-state index contributed by atoms with van der Waals surface area (Å²) in [5.41, 5.74) is 11.6. The predicted octanol–water partition coefficient (Wildman–Crippen LogP) is 11.8. The molecule has 0 radical (unpaired) electrons. The van der Waals surface area contributed by atoms with Gasteiger partial charge in [-0.1, -0.05) is 128 Å². The molecule has 244 valence electrons. The van der Waals surface area contributed by atoms with E-state index in [1.54, 1.807) is 17.4 Å². The molecule has 0 aliphatic carbocycles. The molecule has 0 unspecified atom stereocenters. The van der Waals surface area contributed by atoms with Gasteiger partial charge in [0.05, 0.1) is 11.1 Å². The number of fused-ring (bicyclic) bond motifs is 1. The number of hydrogen-bond acceptors (Lipinski definition) is 4. The van der Waals surface area contributed by atoms with E-state index in [-0.39, 0.29) is 43.1 Å². The Hall–Kier alpha value is -3.59. The van der Waals surface area contributed by atoms with Crippen molar-refractivity contribution >= 4 is 21.6 Å². The van der Waals surface area contributed by atoms with Crippen LogP contribution in [0.2, 0.25) is 0 Å². The van der Waals surface area contributed by atoms with Gasteiger partial charge in [0.15, 0.2) is 0 Å². The topological polar surface area (TPSA) is 46.0 Å². The first kappa shape index (κ1) is 34.7. The molecule has 4 aromatic carbocycles. The van der Waals surface area contributed by atoms with Gasteiger partial charge in [-0.05, 0) is 62.8 Å². The maximum Gasteiger partial charge on any atom is 0.127 e. The van der Waals surface area contributed by atoms with E-state index in [2.05, 4.69) is 129 Å². The molecule has 6 aromatic rings. The van der Waals surface area contributed by atoms with Crippen molar-refractivity contribution in [2.24, 2.45) is 0 Å². The molecule has 1 N–H and O–H groups in total. The smallest absolute Gasteiger partial charge is 0.127 e. The second kappa shape index (κ2) is 12.8. The zero-order chi connectivity index (χ0) is 33.0. The van der Waals surface area contributed by atoms with Gasteiger partial charge in [-0.2, -0.15) is 0 Å². The fourth-order valence-electron chi connectivity index (χ4n) is 5.66. The summed E-state index contributed by atoms with van der Waals surface area (Å²) < 4.78 is 1.06. The number of para-hydroxylation sites is 2. The number of phenols is 1. The van der Waals surface area contributed by atoms with Crippen molar-refractivity contribution in [3.8, 4) is 49.8 Å². The first-order valence-corrected chi connectivity index (χ1v) is 16.8. The van der Waals surface area contributed by atoms with Crippen LogP contribution in [0.5, 0.6) is 5.75 Å². The summed E-state index contributed by atoms with van der Waals surface area (Å²) >= 11 is 1.59. The fraction of sp³-hybridized carbons (Fsp3) is 0.286. The minimum Gasteiger partial charge on any atom is -0.507 e. The van der Waals surface area contributed by atoms with Crippen LogP contribution >= 0.6 is 11.3 Å². The van der Waals surface area contributed by atoms with Gasteiger partial charge >= 0.3 is 0 Å². The van der Waals surface area contributed by atoms with E-state index in [1.165, 1.54) is 22.3 Å². The molecule has 47 heavy (non-hydrogen) atoms. The van der Waals surface area contributed by atoms with E-state index in [9.17, 15) is 5.11 Å². The SMILES string of the molecule is CC(C)(C)c1cc(-c2cc(-c3cc(C(C)(C)C)ccn3)[c-]c(-c3cccc4sc(-c5ccccc5O)nc34)c2)cc(C(C)(C)C)c1.[Pt]. The fourth-order valence-corrected chi connectivity index (χ4v) is 6.69. The van der Waals surface area contributed by atoms with Gasteiger partial charge in [-0.3, -0.25) is 4.98 Å². The van der Waals surface area contributed by atoms with Crippen LogP contribution in [0.1, 0.15) is 79.0 Å². The van der Waals surface area contributed by atoms with E-state index < -0.39 is 0 Å². The number of thiazole rings is 1. The molecule has 0 aliphatic heterocycles. The average molecular weight is 819 g/mol. The van der Waals surface area contributed by atoms with Crippen LogP contribution in [0.3, 0.4) is 0 Å². The molecule has 2 heterocycles. The summed E-state index contributed by atoms with van der Waals surface area (Å²) in [7, 11) is 0. The summed E-state index contributed by atoms with van der Waals surface area (Å²) in [5.74, 6) is 0.233. The second-order valence-electron chi connectivity index (χ2n) is 15.4. The molecular weight excluding hydrogens is 776 g/mol. The van der Waals surface area contributed by atoms with Gasteiger partial charge in [0.1, 0.15) is 10.8 Å². The molecule has 0 atom stereocenters. The number of aromatic hydroxyl groups is 1. The van der Waals surface area contributed by atoms with Crippen LogP contribution in [0.25, 0.3) is 54.3 Å². The Balaban J connectivity index is 0.00000433. The number of hydrogen-bond donors (Lipinski definition) is 1. The van der Waals surface area contributed by atoms with Crippen LogP contribution in [-0.2, 0) is 37.3 Å². The van der Waals surface area contributed by atoms with Crippen LogP contribution in [0.4, 0.5) is 0 Å². The van der Waals surface area contributed by atoms with Crippen LogP contribution < -0.4 is 0 Å². The van der Waals surface area contributed by atoms with Gasteiger partial charge in [0.25, 0.3) is 0 Å². The number of phenolic OH excluding ortho intramolecular Hbond substituents is 1. The molecule has 0 fully saturated rings. The largest absolute Gasteiger partial charge is 0.507 e. The number of nitrogens with zero attached hydrogens (tertiary/aromatic N) is 2. The summed E-state index contributed by atoms with van der Waals surface area (Å²) in [5, 5.41) is 11.4. The summed E-state index contributed by atoms with van der Waals surface area (Å²) in [6.45, 7) is 20.4. The third-order valence-corrected chi connectivity index (χ3v) is 9.67. The first-order chi connectivity index (χ1) is 21.6. The maximum atomic E-state index is 10.6. The van der Waals surface area contributed by atoms with E-state index in [4.69, 9.17) is 9.97 Å². The van der Waals surface area contributed by atoms with Crippen molar-refractivity contribution in [3.05, 3.63) is 114 Å². The quantitative estimate of drug-likeness (QED) is 0.180. The molecule has 5 heteroatoms. The Labute approximate surface area is 298 Å². The Morgan fingerprint density at radius 1 is 0.617 bits per heavy atom. The van der Waals surface area contributed by atoms with Crippen molar-refractivity contribution < 1.29 is 26.2 Å². The molecule has 0 aliphatic rings. The van der Waals surface area contributed by atoms with E-state index >= 15 is 0 Å². The Bertz CT molecular complexity index is 2040. The number of rotatable bonds is 4. The van der Waals surface area contributed by atoms with Gasteiger partial charge in [-0.25, -0.2) is 4.98 Å². The van der Waals surface area contributed by atoms with Crippen LogP contribution in [0.15, 0.2) is 91.1 Å². The van der Waals surface area contributed by atoms with Crippen LogP contribution in [0, 0.1) is 6.07 Å². The van der Waals surface area contributed by atoms with Crippen molar-refractivity contribution in [2.45, 2.75) is 78.6 Å². The van der Waals surface area contributed by atoms with Crippen LogP contribution in [-0.4, -0.2) is 15.1 Å². The van der Waals surface area contributed by atoms with Gasteiger partial charge in [0.2, 0.25) is 0 Å². The third-order valence-electron chi connectivity index (χ3n) is 8.61. The molecule has 3 nitrogen and oxygen atoms in total. The molecule has 0 spiro atoms. The Morgan fingerprint density at radius 3 is 1.85 bits per heavy atom. The van der Waals surface area contributed by atoms with Gasteiger partial charge < -0.3 is 5.11 Å². The molecule has 0 saturated carbocycles. The zero-order valence-electron chi connectivity index (χ0n) is 28.7. The van der Waals surface area contributed by atoms with Crippen molar-refractivity contribution in [3.63, 3.8) is 0 Å². The van der Waals surface area contributed by atoms with E-state index in [0.717, 1.165) is 48.7 Å². The van der Waals surface area contributed by atoms with Gasteiger partial charge in [0, 0.05) is 37.7 Å². The standard InChI is InChI=1S/C42H43N2OS.Pt/c1-40(2,3)30-17-18-43-35(25-30)29-20-26(27-22-31(41(4,5)6)24-32(23-27)42(7,8)9)19-28(21-29)33-14-12-16-37-38(33)44-39(46-37)34-13-10-11-15-36(34)45;/h10-20,22-25,45H,1-9H3;/q-1;. The minimum atomic E-state index is -0.00757. The third kappa shape index (κ3) is 7.30. The van der Waals surface area contributed by atoms with E-state index in [0.29, 0.717) is 0 Å². The minimum absolute atomic E-state index is 0. The van der Waals surface area contributed by atoms with Crippen molar-refractivity contribution in [1.82, 2.24) is 9.97 Å². The predicted molar refractivity (Wildman–Crippen MR) is 196 cm³/mol. The van der Waals surface area contributed by atoms with Crippen molar-refractivity contribution in [2.75, 3.05) is 0 Å². The average Bonchev–Trinajstić information content (AvgIpc) is 3.44. The monoisotopic (exact) mass is 818 g/mol. The molecule has 0 amide bonds. The molecule has 0 saturated heterocycles. The molecule has 2 aromatic heterocycles. The second-order valence-corrected chi connectivity index (χ2v) is 16.4. The zero-order valence-corrected chi connectivity index (χ0v) is 31.8. The first-order valence-electron chi connectivity index (χ1n) is 16.0. The van der Waals surface area contributed by atoms with Gasteiger partial charge in [-0.15, -0.1) is 35.1 Å². The molecule has 0 bridgehead atoms. The Kier molecular flexibility index (Phi) is 9.45. The molecular formula is C42H43N2OPtS-. The normalized spacial score (nSPS) is 12.3. The number of benzene rings is 4. The summed E-state index contributed by atoms with van der Waals surface area (Å²) in [4.78, 5) is 9.94. The van der Waals surface area contributed by atoms with Crippen molar-refractivity contribution in [1.29, 1.82) is 0 Å². The molecule has 6 rings (SSSR count). The Morgan fingerprint density at radius 2 is 1.21 bits per heavy atom. The van der Waals surface area contributed by atoms with E-state index in [1.807, 2.05) is 24.4 Å². The summed E-state index contributed by atoms with van der Waals surface area (Å²) in [6, 6.07) is 33.3. The maximum absolute atomic E-state index is 10.6. The number of aromatic nitrogens is 2. The number of pyridine rings is 1. The summed E-state index contributed by atoms with van der Waals surface area (Å²) in [6.07, 6.45) is 1.91.